The van der Waals surface area contributed by atoms with Crippen LogP contribution in [0.2, 0.25) is 0 Å². The van der Waals surface area contributed by atoms with Gasteiger partial charge >= 0.3 is 33.8 Å². The van der Waals surface area contributed by atoms with Gasteiger partial charge in [0.05, 0.1) is 0 Å². The lowest BCUT2D eigenvalue weighted by molar-refractivity contribution is -0.476. The monoisotopic (exact) mass is 316 g/mol. The van der Waals surface area contributed by atoms with Crippen molar-refractivity contribution in [1.29, 1.82) is 0 Å². The minimum absolute atomic E-state index is 1.50. The molecule has 0 aromatic rings. The summed E-state index contributed by atoms with van der Waals surface area (Å²) in [5.41, 5.74) is 0. The lowest BCUT2D eigenvalue weighted by Gasteiger charge is -2.28. The highest BCUT2D eigenvalue weighted by Crippen LogP contribution is 2.46. The molecule has 0 spiro atoms. The molecule has 0 heterocycles. The zero-order valence-corrected chi connectivity index (χ0v) is 8.30. The molecule has 0 aromatic heterocycles. The highest BCUT2D eigenvalue weighted by Gasteiger charge is 2.74. The third-order valence-corrected chi connectivity index (χ3v) is 2.13. The van der Waals surface area contributed by atoms with Crippen LogP contribution in [0, 0.1) is 0 Å². The molecule has 1 N–H and O–H groups in total. The van der Waals surface area contributed by atoms with Crippen LogP contribution < -0.4 is 0 Å². The number of ether oxygens (including phenoxy) is 1. The minimum atomic E-state index is -6.99. The summed E-state index contributed by atoms with van der Waals surface area (Å²) in [4.78, 5) is 0. The molecule has 0 saturated carbocycles. The lowest BCUT2D eigenvalue weighted by Crippen LogP contribution is -2.54. The predicted molar refractivity (Wildman–Crippen MR) is 33.5 cm³/mol. The van der Waals surface area contributed by atoms with Crippen LogP contribution in [-0.4, -0.2) is 36.6 Å². The molecule has 0 unspecified atom stereocenters. The van der Waals surface area contributed by atoms with E-state index in [0.29, 0.717) is 0 Å². The largest absolute Gasteiger partial charge is 0.483 e. The van der Waals surface area contributed by atoms with E-state index in [0.717, 1.165) is 0 Å². The molecule has 0 aliphatic rings. The Morgan fingerprint density at radius 1 is 0.778 bits per heavy atom. The van der Waals surface area contributed by atoms with E-state index in [2.05, 4.69) is 0 Å². The van der Waals surface area contributed by atoms with Crippen molar-refractivity contribution in [3.8, 4) is 0 Å². The Labute approximate surface area is 92.1 Å². The van der Waals surface area contributed by atoms with E-state index in [-0.39, 0.29) is 0 Å². The molecule has 0 radical (unpaired) electrons. The topological polar surface area (TPSA) is 63.6 Å². The molecule has 0 aliphatic heterocycles. The lowest BCUT2D eigenvalue weighted by atomic mass is 10.5. The van der Waals surface area contributed by atoms with Gasteiger partial charge in [-0.05, 0) is 0 Å². The molecule has 0 fully saturated rings. The fourth-order valence-electron chi connectivity index (χ4n) is 0.428. The van der Waals surface area contributed by atoms with Crippen molar-refractivity contribution in [1.82, 2.24) is 0 Å². The molecule has 14 heteroatoms. The molecule has 110 valence electrons. The first kappa shape index (κ1) is 17.2. The summed E-state index contributed by atoms with van der Waals surface area (Å²) in [6.45, 7) is 0. The predicted octanol–water partition coefficient (Wildman–Crippen LogP) is 2.23. The molecule has 0 rings (SSSR count). The van der Waals surface area contributed by atoms with Gasteiger partial charge in [0.2, 0.25) is 0 Å². The first-order chi connectivity index (χ1) is 7.46. The average molecular weight is 316 g/mol. The summed E-state index contributed by atoms with van der Waals surface area (Å²) in [5.74, 6) is 0. The van der Waals surface area contributed by atoms with Crippen LogP contribution in [0.5, 0.6) is 0 Å². The van der Waals surface area contributed by atoms with E-state index in [9.17, 15) is 47.9 Å². The van der Waals surface area contributed by atoms with Crippen molar-refractivity contribution >= 4 is 10.1 Å². The van der Waals surface area contributed by atoms with Gasteiger partial charge in [-0.2, -0.15) is 47.9 Å². The zero-order chi connectivity index (χ0) is 15.2. The zero-order valence-electron chi connectivity index (χ0n) is 7.48. The second-order valence-electron chi connectivity index (χ2n) is 2.63. The van der Waals surface area contributed by atoms with Gasteiger partial charge in [0.25, 0.3) is 0 Å². The number of alkyl halides is 9. The molecule has 0 aromatic carbocycles. The van der Waals surface area contributed by atoms with Crippen molar-refractivity contribution in [3.63, 3.8) is 0 Å². The fraction of sp³-hybridized carbons (Fsp3) is 1.00. The van der Waals surface area contributed by atoms with Crippen molar-refractivity contribution in [2.24, 2.45) is 0 Å². The van der Waals surface area contributed by atoms with Crippen molar-refractivity contribution in [2.45, 2.75) is 23.6 Å². The Morgan fingerprint density at radius 2 is 1.11 bits per heavy atom. The maximum absolute atomic E-state index is 12.2. The molecule has 0 atom stereocenters. The van der Waals surface area contributed by atoms with Crippen molar-refractivity contribution in [2.75, 3.05) is 0 Å². The maximum atomic E-state index is 12.2. The molecule has 0 aliphatic carbocycles. The minimum Gasteiger partial charge on any atom is -0.281 e. The van der Waals surface area contributed by atoms with Gasteiger partial charge in [-0.15, -0.1) is 0 Å². The third-order valence-electron chi connectivity index (χ3n) is 1.25. The van der Waals surface area contributed by atoms with Gasteiger partial charge in [0.1, 0.15) is 0 Å². The smallest absolute Gasteiger partial charge is 0.281 e. The van der Waals surface area contributed by atoms with Gasteiger partial charge in [0.15, 0.2) is 0 Å². The normalized spacial score (nSPS) is 15.9. The van der Waals surface area contributed by atoms with Crippen LogP contribution in [0.25, 0.3) is 0 Å². The van der Waals surface area contributed by atoms with Crippen molar-refractivity contribution in [3.05, 3.63) is 0 Å². The SMILES string of the molecule is O=S(=O)(O)C(F)(F)C(F)(F)OC(F)(F)C(F)(F)F. The standard InChI is InChI=1S/C4HF9O4S/c5-1(6,7)2(8,9)17-3(10,11)4(12,13)18(14,15)16/h(H,14,15,16). The van der Waals surface area contributed by atoms with Crippen LogP contribution in [0.4, 0.5) is 39.5 Å². The molecular formula is C4HF9O4S. The van der Waals surface area contributed by atoms with E-state index >= 15 is 0 Å². The molecule has 4 nitrogen and oxygen atoms in total. The number of rotatable bonds is 4. The summed E-state index contributed by atoms with van der Waals surface area (Å²) in [7, 11) is -6.99. The summed E-state index contributed by atoms with van der Waals surface area (Å²) >= 11 is 0. The van der Waals surface area contributed by atoms with Crippen LogP contribution in [0.15, 0.2) is 0 Å². The van der Waals surface area contributed by atoms with E-state index in [1.54, 1.807) is 0 Å². The summed E-state index contributed by atoms with van der Waals surface area (Å²) in [5, 5.41) is -6.70. The van der Waals surface area contributed by atoms with E-state index < -0.39 is 33.8 Å². The van der Waals surface area contributed by atoms with Gasteiger partial charge < -0.3 is 0 Å². The van der Waals surface area contributed by atoms with E-state index in [1.165, 1.54) is 4.74 Å². The molecule has 0 saturated heterocycles. The van der Waals surface area contributed by atoms with Crippen LogP contribution in [-0.2, 0) is 14.9 Å². The third kappa shape index (κ3) is 2.97. The Kier molecular flexibility index (Phi) is 3.95. The molecule has 0 bridgehead atoms. The molecular weight excluding hydrogens is 315 g/mol. The van der Waals surface area contributed by atoms with Crippen LogP contribution >= 0.6 is 0 Å². The van der Waals surface area contributed by atoms with Gasteiger partial charge in [-0.3, -0.25) is 4.55 Å². The summed E-state index contributed by atoms with van der Waals surface area (Å²) < 4.78 is 135. The van der Waals surface area contributed by atoms with Gasteiger partial charge in [-0.25, -0.2) is 4.74 Å². The first-order valence-electron chi connectivity index (χ1n) is 3.33. The fourth-order valence-corrected chi connectivity index (χ4v) is 0.770. The number of halogens is 9. The highest BCUT2D eigenvalue weighted by molar-refractivity contribution is 7.86. The van der Waals surface area contributed by atoms with E-state index in [1.807, 2.05) is 0 Å². The second kappa shape index (κ2) is 4.12. The maximum Gasteiger partial charge on any atom is 0.483 e. The Hall–Kier alpha value is -0.760. The first-order valence-corrected chi connectivity index (χ1v) is 4.77. The quantitative estimate of drug-likeness (QED) is 0.638. The Morgan fingerprint density at radius 3 is 1.33 bits per heavy atom. The van der Waals surface area contributed by atoms with Gasteiger partial charge in [0, 0.05) is 0 Å². The highest BCUT2D eigenvalue weighted by atomic mass is 32.2. The Bertz CT molecular complexity index is 409. The summed E-state index contributed by atoms with van der Waals surface area (Å²) in [6, 6.07) is 0. The number of hydrogen-bond donors (Lipinski definition) is 1. The number of hydrogen-bond acceptors (Lipinski definition) is 3. The van der Waals surface area contributed by atoms with Crippen molar-refractivity contribution < 1.29 is 57.2 Å². The molecule has 0 amide bonds. The van der Waals surface area contributed by atoms with Crippen LogP contribution in [0.3, 0.4) is 0 Å². The summed E-state index contributed by atoms with van der Waals surface area (Å²) in [6.07, 6.45) is -20.4. The molecule has 18 heavy (non-hydrogen) atoms. The second-order valence-corrected chi connectivity index (χ2v) is 4.09. The van der Waals surface area contributed by atoms with Crippen LogP contribution in [0.1, 0.15) is 0 Å². The average Bonchev–Trinajstić information content (AvgIpc) is 1.96. The Balaban J connectivity index is 5.47. The van der Waals surface area contributed by atoms with Gasteiger partial charge in [-0.1, -0.05) is 0 Å². The van der Waals surface area contributed by atoms with E-state index in [4.69, 9.17) is 4.55 Å².